The third-order valence-electron chi connectivity index (χ3n) is 2.99. The van der Waals surface area contributed by atoms with E-state index in [1.54, 1.807) is 0 Å². The van der Waals surface area contributed by atoms with Crippen LogP contribution < -0.4 is 5.32 Å². The van der Waals surface area contributed by atoms with Gasteiger partial charge in [0.1, 0.15) is 0 Å². The molecule has 1 fully saturated rings. The minimum atomic E-state index is 0.504. The number of thiol groups is 1. The molecule has 0 aromatic rings. The summed E-state index contributed by atoms with van der Waals surface area (Å²) in [5, 5.41) is 3.39. The molecular formula is C10H19NS. The minimum absolute atomic E-state index is 0.504. The summed E-state index contributed by atoms with van der Waals surface area (Å²) in [4.78, 5) is 1.04. The summed E-state index contributed by atoms with van der Waals surface area (Å²) < 4.78 is 0. The van der Waals surface area contributed by atoms with Crippen molar-refractivity contribution in [2.75, 3.05) is 13.1 Å². The zero-order valence-electron chi connectivity index (χ0n) is 7.90. The molecule has 0 unspecified atom stereocenters. The van der Waals surface area contributed by atoms with Crippen molar-refractivity contribution in [3.05, 3.63) is 11.5 Å². The normalized spacial score (nSPS) is 22.2. The van der Waals surface area contributed by atoms with Gasteiger partial charge < -0.3 is 5.32 Å². The third kappa shape index (κ3) is 2.53. The van der Waals surface area contributed by atoms with Gasteiger partial charge in [0.2, 0.25) is 0 Å². The molecule has 1 aliphatic rings. The maximum absolute atomic E-state index is 4.30. The highest BCUT2D eigenvalue weighted by Crippen LogP contribution is 2.38. The Morgan fingerprint density at radius 1 is 1.50 bits per heavy atom. The molecular weight excluding hydrogens is 166 g/mol. The Kier molecular flexibility index (Phi) is 3.66. The zero-order valence-corrected chi connectivity index (χ0v) is 8.79. The Morgan fingerprint density at radius 3 is 2.50 bits per heavy atom. The number of hydrogen-bond donors (Lipinski definition) is 2. The van der Waals surface area contributed by atoms with Crippen LogP contribution in [0.25, 0.3) is 0 Å². The fourth-order valence-electron chi connectivity index (χ4n) is 2.05. The second-order valence-corrected chi connectivity index (χ2v) is 4.48. The lowest BCUT2D eigenvalue weighted by Crippen LogP contribution is -2.36. The van der Waals surface area contributed by atoms with E-state index >= 15 is 0 Å². The zero-order chi connectivity index (χ0) is 9.03. The topological polar surface area (TPSA) is 12.0 Å². The Bertz CT molecular complexity index is 159. The lowest BCUT2D eigenvalue weighted by molar-refractivity contribution is 0.195. The van der Waals surface area contributed by atoms with Crippen molar-refractivity contribution in [3.63, 3.8) is 0 Å². The van der Waals surface area contributed by atoms with E-state index in [2.05, 4.69) is 31.4 Å². The highest BCUT2D eigenvalue weighted by atomic mass is 32.1. The molecule has 1 N–H and O–H groups in total. The van der Waals surface area contributed by atoms with E-state index in [0.717, 1.165) is 24.4 Å². The molecule has 1 saturated heterocycles. The molecule has 0 aromatic carbocycles. The van der Waals surface area contributed by atoms with Crippen molar-refractivity contribution in [2.45, 2.75) is 32.6 Å². The highest BCUT2D eigenvalue weighted by Gasteiger charge is 2.29. The van der Waals surface area contributed by atoms with Crippen LogP contribution in [0.15, 0.2) is 11.5 Å². The van der Waals surface area contributed by atoms with E-state index in [1.807, 2.05) is 0 Å². The van der Waals surface area contributed by atoms with Gasteiger partial charge in [-0.2, -0.15) is 0 Å². The summed E-state index contributed by atoms with van der Waals surface area (Å²) in [6.45, 7) is 8.49. The molecule has 1 nitrogen and oxygen atoms in total. The van der Waals surface area contributed by atoms with Crippen LogP contribution in [0.3, 0.4) is 0 Å². The first-order valence-electron chi connectivity index (χ1n) is 4.76. The summed E-state index contributed by atoms with van der Waals surface area (Å²) in [7, 11) is 0. The summed E-state index contributed by atoms with van der Waals surface area (Å²) in [5.41, 5.74) is 0.504. The van der Waals surface area contributed by atoms with Crippen molar-refractivity contribution in [1.29, 1.82) is 0 Å². The van der Waals surface area contributed by atoms with E-state index in [0.29, 0.717) is 5.41 Å². The largest absolute Gasteiger partial charge is 0.317 e. The Balaban J connectivity index is 2.53. The monoisotopic (exact) mass is 185 g/mol. The summed E-state index contributed by atoms with van der Waals surface area (Å²) in [6.07, 6.45) is 4.91. The Labute approximate surface area is 81.0 Å². The first-order valence-corrected chi connectivity index (χ1v) is 5.21. The fraction of sp³-hybridized carbons (Fsp3) is 0.800. The first-order chi connectivity index (χ1) is 5.68. The quantitative estimate of drug-likeness (QED) is 0.644. The second kappa shape index (κ2) is 4.33. The van der Waals surface area contributed by atoms with Gasteiger partial charge in [-0.3, -0.25) is 0 Å². The van der Waals surface area contributed by atoms with Gasteiger partial charge in [-0.15, -0.1) is 12.6 Å². The molecule has 70 valence electrons. The van der Waals surface area contributed by atoms with E-state index in [1.165, 1.54) is 19.3 Å². The lowest BCUT2D eigenvalue weighted by Gasteiger charge is -2.37. The van der Waals surface area contributed by atoms with Crippen LogP contribution in [0.2, 0.25) is 0 Å². The summed E-state index contributed by atoms with van der Waals surface area (Å²) >= 11 is 4.30. The third-order valence-corrected chi connectivity index (χ3v) is 3.15. The predicted octanol–water partition coefficient (Wildman–Crippen LogP) is 2.60. The van der Waals surface area contributed by atoms with Crippen molar-refractivity contribution >= 4 is 12.6 Å². The molecule has 1 heterocycles. The van der Waals surface area contributed by atoms with Crippen molar-refractivity contribution in [1.82, 2.24) is 5.32 Å². The molecule has 0 amide bonds. The van der Waals surface area contributed by atoms with Gasteiger partial charge in [0, 0.05) is 0 Å². The van der Waals surface area contributed by atoms with Crippen LogP contribution in [0.4, 0.5) is 0 Å². The van der Waals surface area contributed by atoms with E-state index in [-0.39, 0.29) is 0 Å². The molecule has 0 radical (unpaired) electrons. The molecule has 1 aliphatic heterocycles. The van der Waals surface area contributed by atoms with Crippen LogP contribution in [-0.4, -0.2) is 13.1 Å². The highest BCUT2D eigenvalue weighted by molar-refractivity contribution is 7.84. The number of nitrogens with one attached hydrogen (secondary N) is 1. The van der Waals surface area contributed by atoms with Gasteiger partial charge in [-0.05, 0) is 42.7 Å². The van der Waals surface area contributed by atoms with E-state index in [4.69, 9.17) is 0 Å². The molecule has 2 heteroatoms. The summed E-state index contributed by atoms with van der Waals surface area (Å²) in [5.74, 6) is 0. The van der Waals surface area contributed by atoms with Crippen LogP contribution in [0, 0.1) is 5.41 Å². The molecule has 0 spiro atoms. The summed E-state index contributed by atoms with van der Waals surface area (Å²) in [6, 6.07) is 0. The maximum Gasteiger partial charge on any atom is -0.00435 e. The first kappa shape index (κ1) is 10.1. The van der Waals surface area contributed by atoms with Crippen molar-refractivity contribution < 1.29 is 0 Å². The Hall–Kier alpha value is 0.0500. The SMILES string of the molecule is C=C(S)CC1(CC)CCNCC1. The molecule has 0 bridgehead atoms. The van der Waals surface area contributed by atoms with Crippen molar-refractivity contribution in [2.24, 2.45) is 5.41 Å². The average Bonchev–Trinajstić information content (AvgIpc) is 2.05. The van der Waals surface area contributed by atoms with Gasteiger partial charge in [0.15, 0.2) is 0 Å². The molecule has 0 saturated carbocycles. The van der Waals surface area contributed by atoms with Crippen LogP contribution in [0.1, 0.15) is 32.6 Å². The number of hydrogen-bond acceptors (Lipinski definition) is 2. The molecule has 0 aliphatic carbocycles. The minimum Gasteiger partial charge on any atom is -0.317 e. The molecule has 1 rings (SSSR count). The predicted molar refractivity (Wildman–Crippen MR) is 57.6 cm³/mol. The second-order valence-electron chi connectivity index (χ2n) is 3.85. The molecule has 0 aromatic heterocycles. The van der Waals surface area contributed by atoms with Gasteiger partial charge in [0.05, 0.1) is 0 Å². The van der Waals surface area contributed by atoms with Gasteiger partial charge in [0.25, 0.3) is 0 Å². The standard InChI is InChI=1S/C10H19NS/c1-3-10(8-9(2)12)4-6-11-7-5-10/h11-12H,2-8H2,1H3. The van der Waals surface area contributed by atoms with E-state index < -0.39 is 0 Å². The number of allylic oxidation sites excluding steroid dienone is 1. The number of rotatable bonds is 3. The van der Waals surface area contributed by atoms with Crippen LogP contribution in [-0.2, 0) is 0 Å². The Morgan fingerprint density at radius 2 is 2.08 bits per heavy atom. The lowest BCUT2D eigenvalue weighted by atomic mass is 9.74. The number of piperidine rings is 1. The van der Waals surface area contributed by atoms with Gasteiger partial charge in [-0.25, -0.2) is 0 Å². The van der Waals surface area contributed by atoms with Gasteiger partial charge in [-0.1, -0.05) is 19.9 Å². The fourth-order valence-corrected chi connectivity index (χ4v) is 2.38. The maximum atomic E-state index is 4.30. The van der Waals surface area contributed by atoms with Crippen LogP contribution in [0.5, 0.6) is 0 Å². The molecule has 0 atom stereocenters. The van der Waals surface area contributed by atoms with Gasteiger partial charge >= 0.3 is 0 Å². The smallest absolute Gasteiger partial charge is 0.00435 e. The average molecular weight is 185 g/mol. The molecule has 12 heavy (non-hydrogen) atoms. The van der Waals surface area contributed by atoms with Crippen molar-refractivity contribution in [3.8, 4) is 0 Å². The van der Waals surface area contributed by atoms with Crippen LogP contribution >= 0.6 is 12.6 Å². The van der Waals surface area contributed by atoms with E-state index in [9.17, 15) is 0 Å².